The van der Waals surface area contributed by atoms with E-state index in [9.17, 15) is 0 Å². The van der Waals surface area contributed by atoms with Crippen LogP contribution < -0.4 is 14.4 Å². The summed E-state index contributed by atoms with van der Waals surface area (Å²) in [4.78, 5) is 2.23. The standard InChI is InChI=1S/C12H16NO3/c1-14-10-3-4-12(15-2)11(9-10)13-5-7-16-8-6-13/h4,9H,5-8H2,1-2H3. The van der Waals surface area contributed by atoms with Crippen molar-refractivity contribution in [2.75, 3.05) is 45.4 Å². The van der Waals surface area contributed by atoms with Crippen molar-refractivity contribution < 1.29 is 14.2 Å². The van der Waals surface area contributed by atoms with E-state index in [4.69, 9.17) is 14.2 Å². The Bertz CT molecular complexity index is 348. The van der Waals surface area contributed by atoms with Crippen LogP contribution >= 0.6 is 0 Å². The Labute approximate surface area is 95.7 Å². The van der Waals surface area contributed by atoms with Crippen molar-refractivity contribution in [3.63, 3.8) is 0 Å². The molecule has 1 saturated heterocycles. The van der Waals surface area contributed by atoms with Crippen molar-refractivity contribution in [3.8, 4) is 11.5 Å². The van der Waals surface area contributed by atoms with Gasteiger partial charge in [0, 0.05) is 25.2 Å². The second-order valence-corrected chi connectivity index (χ2v) is 3.55. The highest BCUT2D eigenvalue weighted by atomic mass is 16.5. The summed E-state index contributed by atoms with van der Waals surface area (Å²) in [5, 5.41) is 0. The average molecular weight is 222 g/mol. The van der Waals surface area contributed by atoms with E-state index in [0.717, 1.165) is 43.5 Å². The molecule has 0 spiro atoms. The monoisotopic (exact) mass is 222 g/mol. The van der Waals surface area contributed by atoms with Gasteiger partial charge < -0.3 is 19.1 Å². The molecule has 1 heterocycles. The van der Waals surface area contributed by atoms with E-state index in [2.05, 4.69) is 11.0 Å². The van der Waals surface area contributed by atoms with Gasteiger partial charge in [-0.1, -0.05) is 0 Å². The van der Waals surface area contributed by atoms with Gasteiger partial charge >= 0.3 is 0 Å². The van der Waals surface area contributed by atoms with E-state index in [1.54, 1.807) is 14.2 Å². The molecule has 1 aliphatic heterocycles. The molecule has 87 valence electrons. The van der Waals surface area contributed by atoms with Crippen molar-refractivity contribution in [1.29, 1.82) is 0 Å². The molecule has 4 nitrogen and oxygen atoms in total. The van der Waals surface area contributed by atoms with Gasteiger partial charge in [0.25, 0.3) is 0 Å². The fourth-order valence-electron chi connectivity index (χ4n) is 1.78. The fourth-order valence-corrected chi connectivity index (χ4v) is 1.78. The Balaban J connectivity index is 2.27. The SMILES string of the molecule is COc1[c]cc(OC)c(N2CCOCC2)c1. The lowest BCUT2D eigenvalue weighted by Crippen LogP contribution is -2.36. The Kier molecular flexibility index (Phi) is 3.51. The van der Waals surface area contributed by atoms with Crippen molar-refractivity contribution in [3.05, 3.63) is 18.2 Å². The van der Waals surface area contributed by atoms with Crippen LogP contribution in [0.1, 0.15) is 0 Å². The molecule has 0 amide bonds. The summed E-state index contributed by atoms with van der Waals surface area (Å²) >= 11 is 0. The highest BCUT2D eigenvalue weighted by Gasteiger charge is 2.16. The summed E-state index contributed by atoms with van der Waals surface area (Å²) in [5.41, 5.74) is 1.04. The molecule has 0 bridgehead atoms. The smallest absolute Gasteiger partial charge is 0.143 e. The van der Waals surface area contributed by atoms with E-state index in [1.807, 2.05) is 12.1 Å². The summed E-state index contributed by atoms with van der Waals surface area (Å²) in [7, 11) is 3.31. The topological polar surface area (TPSA) is 30.9 Å². The molecule has 2 rings (SSSR count). The summed E-state index contributed by atoms with van der Waals surface area (Å²) < 4.78 is 15.8. The molecular formula is C12H16NO3. The minimum absolute atomic E-state index is 0.724. The highest BCUT2D eigenvalue weighted by molar-refractivity contribution is 5.61. The minimum atomic E-state index is 0.724. The van der Waals surface area contributed by atoms with Crippen LogP contribution in [0.2, 0.25) is 0 Å². The zero-order valence-electron chi connectivity index (χ0n) is 9.66. The van der Waals surface area contributed by atoms with E-state index in [0.29, 0.717) is 0 Å². The fraction of sp³-hybridized carbons (Fsp3) is 0.500. The molecule has 4 heteroatoms. The summed E-state index contributed by atoms with van der Waals surface area (Å²) in [6.45, 7) is 3.27. The van der Waals surface area contributed by atoms with Gasteiger partial charge in [-0.3, -0.25) is 0 Å². The maximum absolute atomic E-state index is 5.33. The lowest BCUT2D eigenvalue weighted by Gasteiger charge is -2.30. The van der Waals surface area contributed by atoms with Crippen molar-refractivity contribution >= 4 is 5.69 Å². The van der Waals surface area contributed by atoms with Gasteiger partial charge in [0.1, 0.15) is 11.5 Å². The molecule has 1 aromatic rings. The first-order valence-corrected chi connectivity index (χ1v) is 5.31. The molecule has 0 saturated carbocycles. The number of anilines is 1. The van der Waals surface area contributed by atoms with Crippen LogP contribution in [0.3, 0.4) is 0 Å². The normalized spacial score (nSPS) is 16.0. The van der Waals surface area contributed by atoms with Crippen LogP contribution in [-0.4, -0.2) is 40.5 Å². The quantitative estimate of drug-likeness (QED) is 0.772. The predicted octanol–water partition coefficient (Wildman–Crippen LogP) is 1.34. The Morgan fingerprint density at radius 3 is 2.62 bits per heavy atom. The first-order valence-electron chi connectivity index (χ1n) is 5.31. The van der Waals surface area contributed by atoms with E-state index in [-0.39, 0.29) is 0 Å². The van der Waals surface area contributed by atoms with E-state index >= 15 is 0 Å². The first-order chi connectivity index (χ1) is 7.85. The number of benzene rings is 1. The van der Waals surface area contributed by atoms with Crippen LogP contribution in [0, 0.1) is 6.07 Å². The number of hydrogen-bond donors (Lipinski definition) is 0. The van der Waals surface area contributed by atoms with Gasteiger partial charge in [0.05, 0.1) is 33.1 Å². The first kappa shape index (κ1) is 11.1. The van der Waals surface area contributed by atoms with Gasteiger partial charge in [0.2, 0.25) is 0 Å². The minimum Gasteiger partial charge on any atom is -0.496 e. The van der Waals surface area contributed by atoms with E-state index in [1.165, 1.54) is 0 Å². The Morgan fingerprint density at radius 2 is 2.00 bits per heavy atom. The highest BCUT2D eigenvalue weighted by Crippen LogP contribution is 2.32. The lowest BCUT2D eigenvalue weighted by molar-refractivity contribution is 0.122. The lowest BCUT2D eigenvalue weighted by atomic mass is 10.2. The van der Waals surface area contributed by atoms with Crippen LogP contribution in [0.15, 0.2) is 12.1 Å². The maximum Gasteiger partial charge on any atom is 0.143 e. The van der Waals surface area contributed by atoms with Gasteiger partial charge in [-0.05, 0) is 6.07 Å². The van der Waals surface area contributed by atoms with Gasteiger partial charge in [-0.2, -0.15) is 0 Å². The third-order valence-electron chi connectivity index (χ3n) is 2.66. The second-order valence-electron chi connectivity index (χ2n) is 3.55. The predicted molar refractivity (Wildman–Crippen MR) is 61.4 cm³/mol. The molecular weight excluding hydrogens is 206 g/mol. The number of hydrogen-bond acceptors (Lipinski definition) is 4. The molecule has 0 unspecified atom stereocenters. The van der Waals surface area contributed by atoms with E-state index < -0.39 is 0 Å². The number of ether oxygens (including phenoxy) is 3. The Morgan fingerprint density at radius 1 is 1.25 bits per heavy atom. The number of nitrogens with zero attached hydrogens (tertiary/aromatic N) is 1. The molecule has 0 atom stereocenters. The summed E-state index contributed by atoms with van der Waals surface area (Å²) in [6.07, 6.45) is 0. The molecule has 1 aliphatic rings. The number of methoxy groups -OCH3 is 2. The molecule has 1 fully saturated rings. The number of rotatable bonds is 3. The van der Waals surface area contributed by atoms with Gasteiger partial charge in [-0.15, -0.1) is 0 Å². The zero-order chi connectivity index (χ0) is 11.4. The van der Waals surface area contributed by atoms with Crippen molar-refractivity contribution in [2.24, 2.45) is 0 Å². The van der Waals surface area contributed by atoms with Crippen LogP contribution in [0.25, 0.3) is 0 Å². The summed E-state index contributed by atoms with van der Waals surface area (Å²) in [5.74, 6) is 1.55. The molecule has 0 aliphatic carbocycles. The zero-order valence-corrected chi connectivity index (χ0v) is 9.66. The third kappa shape index (κ3) is 2.22. The van der Waals surface area contributed by atoms with Gasteiger partial charge in [0.15, 0.2) is 0 Å². The third-order valence-corrected chi connectivity index (χ3v) is 2.66. The molecule has 1 radical (unpaired) electrons. The van der Waals surface area contributed by atoms with Crippen LogP contribution in [0.5, 0.6) is 11.5 Å². The molecule has 1 aromatic carbocycles. The Hall–Kier alpha value is -1.42. The number of morpholine rings is 1. The summed E-state index contributed by atoms with van der Waals surface area (Å²) in [6, 6.07) is 6.77. The molecule has 0 aromatic heterocycles. The largest absolute Gasteiger partial charge is 0.496 e. The molecule has 0 N–H and O–H groups in total. The van der Waals surface area contributed by atoms with Crippen molar-refractivity contribution in [1.82, 2.24) is 0 Å². The van der Waals surface area contributed by atoms with Crippen LogP contribution in [0.4, 0.5) is 5.69 Å². The van der Waals surface area contributed by atoms with Gasteiger partial charge in [-0.25, -0.2) is 0 Å². The average Bonchev–Trinajstić information content (AvgIpc) is 2.39. The second kappa shape index (κ2) is 5.07. The van der Waals surface area contributed by atoms with Crippen molar-refractivity contribution in [2.45, 2.75) is 0 Å². The molecule has 16 heavy (non-hydrogen) atoms. The maximum atomic E-state index is 5.33. The van der Waals surface area contributed by atoms with Crippen LogP contribution in [-0.2, 0) is 4.74 Å².